The number of carbonyl (C=O) groups excluding carboxylic acids is 1. The number of hydrogen-bond acceptors (Lipinski definition) is 5. The predicted octanol–water partition coefficient (Wildman–Crippen LogP) is 4.78. The highest BCUT2D eigenvalue weighted by molar-refractivity contribution is 7.21. The van der Waals surface area contributed by atoms with Crippen molar-refractivity contribution in [2.45, 2.75) is 6.54 Å². The Kier molecular flexibility index (Phi) is 5.00. The molecule has 0 atom stereocenters. The molecule has 1 amide bonds. The molecule has 2 aromatic heterocycles. The second-order valence-corrected chi connectivity index (χ2v) is 7.06. The minimum absolute atomic E-state index is 0.0128. The zero-order valence-electron chi connectivity index (χ0n) is 14.8. The molecule has 0 fully saturated rings. The highest BCUT2D eigenvalue weighted by Crippen LogP contribution is 2.31. The number of aromatic nitrogens is 1. The lowest BCUT2D eigenvalue weighted by Crippen LogP contribution is -2.23. The van der Waals surface area contributed by atoms with Gasteiger partial charge < -0.3 is 9.73 Å². The summed E-state index contributed by atoms with van der Waals surface area (Å²) in [5.74, 6) is 0.597. The summed E-state index contributed by atoms with van der Waals surface area (Å²) in [6, 6.07) is 22.8. The summed E-state index contributed by atoms with van der Waals surface area (Å²) in [5, 5.41) is 12.8. The van der Waals surface area contributed by atoms with Crippen LogP contribution < -0.4 is 5.32 Å². The first-order valence-electron chi connectivity index (χ1n) is 8.62. The van der Waals surface area contributed by atoms with E-state index in [0.717, 1.165) is 20.8 Å². The molecule has 6 heteroatoms. The van der Waals surface area contributed by atoms with Crippen LogP contribution in [-0.2, 0) is 11.3 Å². The van der Waals surface area contributed by atoms with Gasteiger partial charge in [-0.15, -0.1) is 11.3 Å². The standard InChI is InChI=1S/C22H15N3O2S/c23-13-16(21(26)24-14-15-6-2-1-3-7-15)12-17-10-11-19(27-17)22-25-18-8-4-5-9-20(18)28-22/h1-12H,14H2,(H,24,26)/b16-12+. The third kappa shape index (κ3) is 3.85. The maximum atomic E-state index is 12.3. The van der Waals surface area contributed by atoms with E-state index in [9.17, 15) is 10.1 Å². The molecule has 0 saturated heterocycles. The molecule has 0 aliphatic heterocycles. The average Bonchev–Trinajstić information content (AvgIpc) is 3.37. The summed E-state index contributed by atoms with van der Waals surface area (Å²) in [6.45, 7) is 0.355. The predicted molar refractivity (Wildman–Crippen MR) is 109 cm³/mol. The van der Waals surface area contributed by atoms with Gasteiger partial charge >= 0.3 is 0 Å². The number of hydrogen-bond donors (Lipinski definition) is 1. The molecule has 0 spiro atoms. The molecule has 4 rings (SSSR count). The third-order valence-corrected chi connectivity index (χ3v) is 5.13. The minimum Gasteiger partial charge on any atom is -0.454 e. The van der Waals surface area contributed by atoms with Crippen LogP contribution in [0.5, 0.6) is 0 Å². The Hall–Kier alpha value is -3.69. The summed E-state index contributed by atoms with van der Waals surface area (Å²) in [6.07, 6.45) is 1.44. The van der Waals surface area contributed by atoms with Crippen LogP contribution in [-0.4, -0.2) is 10.9 Å². The summed E-state index contributed by atoms with van der Waals surface area (Å²) in [4.78, 5) is 16.8. The van der Waals surface area contributed by atoms with Gasteiger partial charge in [-0.25, -0.2) is 4.98 Å². The number of furan rings is 1. The van der Waals surface area contributed by atoms with Gasteiger partial charge in [-0.3, -0.25) is 4.79 Å². The van der Waals surface area contributed by atoms with Gasteiger partial charge in [0.05, 0.1) is 10.2 Å². The minimum atomic E-state index is -0.440. The van der Waals surface area contributed by atoms with Gasteiger partial charge in [-0.1, -0.05) is 42.5 Å². The lowest BCUT2D eigenvalue weighted by molar-refractivity contribution is -0.117. The first kappa shape index (κ1) is 17.7. The van der Waals surface area contributed by atoms with E-state index in [-0.39, 0.29) is 5.57 Å². The van der Waals surface area contributed by atoms with Crippen LogP contribution in [0, 0.1) is 11.3 Å². The van der Waals surface area contributed by atoms with Crippen molar-refractivity contribution >= 4 is 33.5 Å². The van der Waals surface area contributed by atoms with Crippen molar-refractivity contribution in [2.75, 3.05) is 0 Å². The van der Waals surface area contributed by atoms with E-state index < -0.39 is 5.91 Å². The fraction of sp³-hybridized carbons (Fsp3) is 0.0455. The fourth-order valence-electron chi connectivity index (χ4n) is 2.69. The molecule has 0 bridgehead atoms. The van der Waals surface area contributed by atoms with Crippen LogP contribution in [0.3, 0.4) is 0 Å². The number of thiazole rings is 1. The monoisotopic (exact) mass is 385 g/mol. The highest BCUT2D eigenvalue weighted by Gasteiger charge is 2.13. The molecule has 5 nitrogen and oxygen atoms in total. The SMILES string of the molecule is N#C/C(=C\c1ccc(-c2nc3ccccc3s2)o1)C(=O)NCc1ccccc1. The fourth-order valence-corrected chi connectivity index (χ4v) is 3.61. The quantitative estimate of drug-likeness (QED) is 0.396. The molecule has 1 N–H and O–H groups in total. The van der Waals surface area contributed by atoms with E-state index in [4.69, 9.17) is 4.42 Å². The van der Waals surface area contributed by atoms with Crippen LogP contribution in [0.4, 0.5) is 0 Å². The van der Waals surface area contributed by atoms with Crippen LogP contribution in [0.1, 0.15) is 11.3 Å². The highest BCUT2D eigenvalue weighted by atomic mass is 32.1. The number of nitrogens with one attached hydrogen (secondary N) is 1. The van der Waals surface area contributed by atoms with E-state index in [1.165, 1.54) is 17.4 Å². The lowest BCUT2D eigenvalue weighted by Gasteiger charge is -2.03. The van der Waals surface area contributed by atoms with Gasteiger partial charge in [0.25, 0.3) is 5.91 Å². The van der Waals surface area contributed by atoms with Crippen LogP contribution in [0.15, 0.2) is 76.7 Å². The first-order chi connectivity index (χ1) is 13.7. The van der Waals surface area contributed by atoms with Crippen molar-refractivity contribution < 1.29 is 9.21 Å². The van der Waals surface area contributed by atoms with Gasteiger partial charge in [0.15, 0.2) is 10.8 Å². The number of carbonyl (C=O) groups is 1. The molecule has 0 aliphatic carbocycles. The van der Waals surface area contributed by atoms with E-state index >= 15 is 0 Å². The number of nitrogens with zero attached hydrogens (tertiary/aromatic N) is 2. The normalized spacial score (nSPS) is 11.3. The van der Waals surface area contributed by atoms with Crippen molar-refractivity contribution in [1.29, 1.82) is 5.26 Å². The Morgan fingerprint density at radius 1 is 1.11 bits per heavy atom. The van der Waals surface area contributed by atoms with Crippen LogP contribution >= 0.6 is 11.3 Å². The average molecular weight is 385 g/mol. The Balaban J connectivity index is 1.51. The molecule has 136 valence electrons. The van der Waals surface area contributed by atoms with Gasteiger partial charge in [-0.05, 0) is 29.8 Å². The second kappa shape index (κ2) is 7.91. The van der Waals surface area contributed by atoms with E-state index in [1.54, 1.807) is 12.1 Å². The Morgan fingerprint density at radius 2 is 1.89 bits per heavy atom. The number of nitriles is 1. The van der Waals surface area contributed by atoms with E-state index in [1.807, 2.05) is 60.7 Å². The molecule has 0 unspecified atom stereocenters. The summed E-state index contributed by atoms with van der Waals surface area (Å²) in [7, 11) is 0. The van der Waals surface area contributed by atoms with Crippen molar-refractivity contribution in [3.8, 4) is 16.8 Å². The lowest BCUT2D eigenvalue weighted by atomic mass is 10.2. The maximum absolute atomic E-state index is 12.3. The van der Waals surface area contributed by atoms with Gasteiger partial charge in [0.2, 0.25) is 0 Å². The Morgan fingerprint density at radius 3 is 2.68 bits per heavy atom. The molecule has 2 aromatic carbocycles. The van der Waals surface area contributed by atoms with Gasteiger partial charge in [-0.2, -0.15) is 5.26 Å². The number of fused-ring (bicyclic) bond motifs is 1. The number of amides is 1. The zero-order valence-corrected chi connectivity index (χ0v) is 15.6. The van der Waals surface area contributed by atoms with Crippen molar-refractivity contribution in [2.24, 2.45) is 0 Å². The van der Waals surface area contributed by atoms with Gasteiger partial charge in [0.1, 0.15) is 17.4 Å². The zero-order chi connectivity index (χ0) is 19.3. The molecule has 0 aliphatic rings. The number of benzene rings is 2. The summed E-state index contributed by atoms with van der Waals surface area (Å²) in [5.41, 5.74) is 1.86. The third-order valence-electron chi connectivity index (χ3n) is 4.08. The van der Waals surface area contributed by atoms with E-state index in [0.29, 0.717) is 18.1 Å². The molecule has 0 saturated carbocycles. The summed E-state index contributed by atoms with van der Waals surface area (Å²) >= 11 is 1.53. The Labute approximate surface area is 165 Å². The number of para-hydroxylation sites is 1. The molecular weight excluding hydrogens is 370 g/mol. The van der Waals surface area contributed by atoms with Crippen molar-refractivity contribution in [1.82, 2.24) is 10.3 Å². The molecular formula is C22H15N3O2S. The van der Waals surface area contributed by atoms with Crippen LogP contribution in [0.25, 0.3) is 27.1 Å². The largest absolute Gasteiger partial charge is 0.454 e. The van der Waals surface area contributed by atoms with Gasteiger partial charge in [0, 0.05) is 12.6 Å². The van der Waals surface area contributed by atoms with Crippen LogP contribution in [0.2, 0.25) is 0 Å². The van der Waals surface area contributed by atoms with Crippen molar-refractivity contribution in [3.63, 3.8) is 0 Å². The molecule has 0 radical (unpaired) electrons. The Bertz CT molecular complexity index is 1170. The molecule has 4 aromatic rings. The molecule has 2 heterocycles. The first-order valence-corrected chi connectivity index (χ1v) is 9.44. The van der Waals surface area contributed by atoms with E-state index in [2.05, 4.69) is 10.3 Å². The topological polar surface area (TPSA) is 78.9 Å². The van der Waals surface area contributed by atoms with Crippen molar-refractivity contribution in [3.05, 3.63) is 83.6 Å². The second-order valence-electron chi connectivity index (χ2n) is 6.03. The number of rotatable bonds is 5. The maximum Gasteiger partial charge on any atom is 0.262 e. The summed E-state index contributed by atoms with van der Waals surface area (Å²) < 4.78 is 6.86. The molecule has 28 heavy (non-hydrogen) atoms. The smallest absolute Gasteiger partial charge is 0.262 e.